The number of hydrogen-bond donors (Lipinski definition) is 1. The lowest BCUT2D eigenvalue weighted by molar-refractivity contribution is -0.0125. The molecule has 1 nitrogen and oxygen atoms in total. The Kier molecular flexibility index (Phi) is 1.40. The van der Waals surface area contributed by atoms with E-state index in [0.29, 0.717) is 11.3 Å². The third kappa shape index (κ3) is 0.807. The van der Waals surface area contributed by atoms with E-state index in [1.54, 1.807) is 0 Å². The normalized spacial score (nSPS) is 39.4. The van der Waals surface area contributed by atoms with Crippen molar-refractivity contribution in [2.75, 3.05) is 6.61 Å². The summed E-state index contributed by atoms with van der Waals surface area (Å²) in [4.78, 5) is 0. The lowest BCUT2D eigenvalue weighted by atomic mass is 9.49. The summed E-state index contributed by atoms with van der Waals surface area (Å²) in [6.07, 6.45) is 4.75. The van der Waals surface area contributed by atoms with Gasteiger partial charge in [0.2, 0.25) is 0 Å². The first-order chi connectivity index (χ1) is 5.16. The van der Waals surface area contributed by atoms with Crippen LogP contribution in [0.3, 0.4) is 0 Å². The predicted octanol–water partition coefficient (Wildman–Crippen LogP) is 1.97. The van der Waals surface area contributed by atoms with Crippen molar-refractivity contribution in [2.24, 2.45) is 17.3 Å². The third-order valence-electron chi connectivity index (χ3n) is 3.77. The van der Waals surface area contributed by atoms with Crippen molar-refractivity contribution in [1.82, 2.24) is 0 Å². The Bertz CT molecular complexity index is 203. The summed E-state index contributed by atoms with van der Waals surface area (Å²) in [6.45, 7) is 4.93. The molecule has 0 aromatic heterocycles. The zero-order chi connectivity index (χ0) is 8.06. The lowest BCUT2D eigenvalue weighted by Gasteiger charge is -2.56. The lowest BCUT2D eigenvalue weighted by Crippen LogP contribution is -2.48. The first-order valence-corrected chi connectivity index (χ1v) is 4.46. The van der Waals surface area contributed by atoms with Gasteiger partial charge in [0, 0.05) is 0 Å². The van der Waals surface area contributed by atoms with E-state index in [1.165, 1.54) is 18.4 Å². The van der Waals surface area contributed by atoms with Crippen LogP contribution in [0.25, 0.3) is 0 Å². The Morgan fingerprint density at radius 3 is 2.73 bits per heavy atom. The van der Waals surface area contributed by atoms with Crippen LogP contribution < -0.4 is 0 Å². The van der Waals surface area contributed by atoms with Gasteiger partial charge in [-0.05, 0) is 35.7 Å². The van der Waals surface area contributed by atoms with Crippen LogP contribution in [0.5, 0.6) is 0 Å². The molecule has 1 N–H and O–H groups in total. The van der Waals surface area contributed by atoms with E-state index < -0.39 is 0 Å². The Morgan fingerprint density at radius 1 is 1.64 bits per heavy atom. The smallest absolute Gasteiger partial charge is 0.0644 e. The second-order valence-electron chi connectivity index (χ2n) is 4.48. The molecule has 0 radical (unpaired) electrons. The van der Waals surface area contributed by atoms with Gasteiger partial charge in [0.15, 0.2) is 0 Å². The summed E-state index contributed by atoms with van der Waals surface area (Å²) in [5.74, 6) is 1.58. The van der Waals surface area contributed by atoms with Crippen molar-refractivity contribution in [3.63, 3.8) is 0 Å². The fourth-order valence-corrected chi connectivity index (χ4v) is 2.66. The van der Waals surface area contributed by atoms with Crippen molar-refractivity contribution in [2.45, 2.75) is 26.7 Å². The minimum absolute atomic E-state index is 0.279. The second-order valence-corrected chi connectivity index (χ2v) is 4.48. The fraction of sp³-hybridized carbons (Fsp3) is 0.800. The summed E-state index contributed by atoms with van der Waals surface area (Å²) in [5, 5.41) is 9.05. The van der Waals surface area contributed by atoms with Gasteiger partial charge in [0.25, 0.3) is 0 Å². The molecule has 0 amide bonds. The topological polar surface area (TPSA) is 20.2 Å². The van der Waals surface area contributed by atoms with E-state index in [0.717, 1.165) is 5.92 Å². The van der Waals surface area contributed by atoms with E-state index in [2.05, 4.69) is 19.9 Å². The van der Waals surface area contributed by atoms with Crippen LogP contribution in [0.1, 0.15) is 26.7 Å². The zero-order valence-corrected chi connectivity index (χ0v) is 7.30. The van der Waals surface area contributed by atoms with Gasteiger partial charge in [-0.15, -0.1) is 0 Å². The summed E-state index contributed by atoms with van der Waals surface area (Å²) >= 11 is 0. The highest BCUT2D eigenvalue weighted by Crippen LogP contribution is 2.58. The molecule has 0 heterocycles. The molecule has 1 fully saturated rings. The SMILES string of the molecule is CC1(C)[C@H]2CC=C(CO)[C@H]1C2. The number of rotatable bonds is 1. The van der Waals surface area contributed by atoms with E-state index in [1.807, 2.05) is 0 Å². The third-order valence-corrected chi connectivity index (χ3v) is 3.77. The van der Waals surface area contributed by atoms with Gasteiger partial charge < -0.3 is 5.11 Å². The summed E-state index contributed by atoms with van der Waals surface area (Å²) < 4.78 is 0. The molecule has 2 atom stereocenters. The van der Waals surface area contributed by atoms with Gasteiger partial charge in [-0.1, -0.05) is 19.9 Å². The molecule has 3 aliphatic rings. The first-order valence-electron chi connectivity index (χ1n) is 4.46. The van der Waals surface area contributed by atoms with Crippen LogP contribution in [0.4, 0.5) is 0 Å². The Balaban J connectivity index is 2.23. The molecule has 3 rings (SSSR count). The summed E-state index contributed by atoms with van der Waals surface area (Å²) in [6, 6.07) is 0. The second kappa shape index (κ2) is 2.10. The van der Waals surface area contributed by atoms with Gasteiger partial charge in [-0.25, -0.2) is 0 Å². The quantitative estimate of drug-likeness (QED) is 0.569. The Morgan fingerprint density at radius 2 is 2.36 bits per heavy atom. The molecular weight excluding hydrogens is 136 g/mol. The van der Waals surface area contributed by atoms with Crippen molar-refractivity contribution in [3.8, 4) is 0 Å². The van der Waals surface area contributed by atoms with E-state index in [9.17, 15) is 0 Å². The zero-order valence-electron chi connectivity index (χ0n) is 7.30. The molecule has 2 bridgehead atoms. The number of aliphatic hydroxyl groups is 1. The highest BCUT2D eigenvalue weighted by Gasteiger charge is 2.50. The molecule has 0 aromatic rings. The molecule has 62 valence electrons. The maximum atomic E-state index is 9.05. The largest absolute Gasteiger partial charge is 0.392 e. The Hall–Kier alpha value is -0.300. The van der Waals surface area contributed by atoms with E-state index in [-0.39, 0.29) is 6.61 Å². The molecule has 1 heteroatoms. The average molecular weight is 152 g/mol. The monoisotopic (exact) mass is 152 g/mol. The van der Waals surface area contributed by atoms with Crippen LogP contribution in [0, 0.1) is 17.3 Å². The first kappa shape index (κ1) is 7.35. The van der Waals surface area contributed by atoms with Crippen LogP contribution in [-0.4, -0.2) is 11.7 Å². The molecule has 1 saturated carbocycles. The van der Waals surface area contributed by atoms with Gasteiger partial charge in [0.1, 0.15) is 0 Å². The van der Waals surface area contributed by atoms with Crippen molar-refractivity contribution < 1.29 is 5.11 Å². The maximum Gasteiger partial charge on any atom is 0.0644 e. The van der Waals surface area contributed by atoms with Gasteiger partial charge in [-0.3, -0.25) is 0 Å². The molecule has 0 aliphatic heterocycles. The predicted molar refractivity (Wildman–Crippen MR) is 45.2 cm³/mol. The van der Waals surface area contributed by atoms with E-state index in [4.69, 9.17) is 5.11 Å². The average Bonchev–Trinajstić information content (AvgIpc) is 2.04. The minimum Gasteiger partial charge on any atom is -0.392 e. The van der Waals surface area contributed by atoms with Gasteiger partial charge in [-0.2, -0.15) is 0 Å². The fourth-order valence-electron chi connectivity index (χ4n) is 2.66. The van der Waals surface area contributed by atoms with Crippen LogP contribution in [0.2, 0.25) is 0 Å². The maximum absolute atomic E-state index is 9.05. The van der Waals surface area contributed by atoms with Crippen molar-refractivity contribution in [1.29, 1.82) is 0 Å². The summed E-state index contributed by atoms with van der Waals surface area (Å²) in [5.41, 5.74) is 1.77. The number of allylic oxidation sites excluding steroid dienone is 1. The molecule has 0 spiro atoms. The highest BCUT2D eigenvalue weighted by atomic mass is 16.3. The van der Waals surface area contributed by atoms with Gasteiger partial charge in [0.05, 0.1) is 6.61 Å². The van der Waals surface area contributed by atoms with Crippen LogP contribution >= 0.6 is 0 Å². The number of hydrogen-bond acceptors (Lipinski definition) is 1. The molecule has 0 unspecified atom stereocenters. The standard InChI is InChI=1S/C10H16O/c1-10(2)8-4-3-7(6-11)9(10)5-8/h3,8-9,11H,4-6H2,1-2H3/t8-,9+/m0/s1. The summed E-state index contributed by atoms with van der Waals surface area (Å²) in [7, 11) is 0. The molecular formula is C10H16O. The molecule has 0 aromatic carbocycles. The minimum atomic E-state index is 0.279. The Labute approximate surface area is 68.1 Å². The van der Waals surface area contributed by atoms with Crippen LogP contribution in [-0.2, 0) is 0 Å². The number of fused-ring (bicyclic) bond motifs is 1. The van der Waals surface area contributed by atoms with Crippen LogP contribution in [0.15, 0.2) is 11.6 Å². The number of aliphatic hydroxyl groups excluding tert-OH is 1. The van der Waals surface area contributed by atoms with Gasteiger partial charge >= 0.3 is 0 Å². The highest BCUT2D eigenvalue weighted by molar-refractivity contribution is 5.23. The molecule has 11 heavy (non-hydrogen) atoms. The molecule has 0 saturated heterocycles. The van der Waals surface area contributed by atoms with E-state index >= 15 is 0 Å². The van der Waals surface area contributed by atoms with Crippen molar-refractivity contribution >= 4 is 0 Å². The molecule has 3 aliphatic carbocycles. The van der Waals surface area contributed by atoms with Crippen molar-refractivity contribution in [3.05, 3.63) is 11.6 Å².